The zero-order valence-electron chi connectivity index (χ0n) is 14.4. The molecule has 0 saturated carbocycles. The molecule has 0 saturated heterocycles. The van der Waals surface area contributed by atoms with Crippen molar-refractivity contribution in [3.8, 4) is 11.8 Å². The Bertz CT molecular complexity index is 1050. The summed E-state index contributed by atoms with van der Waals surface area (Å²) in [6, 6.07) is 21.3. The predicted octanol–water partition coefficient (Wildman–Crippen LogP) is 8.27. The summed E-state index contributed by atoms with van der Waals surface area (Å²) in [7, 11) is 0. The van der Waals surface area contributed by atoms with E-state index < -0.39 is 0 Å². The lowest BCUT2D eigenvalue weighted by molar-refractivity contribution is 0.302. The summed E-state index contributed by atoms with van der Waals surface area (Å²) in [6.07, 6.45) is 1.80. The molecule has 0 amide bonds. The van der Waals surface area contributed by atoms with Crippen LogP contribution in [0.1, 0.15) is 16.7 Å². The molecule has 0 aliphatic heterocycles. The molecule has 0 aliphatic carbocycles. The highest BCUT2D eigenvalue weighted by molar-refractivity contribution is 9.11. The van der Waals surface area contributed by atoms with Crippen LogP contribution in [0.25, 0.3) is 11.6 Å². The minimum absolute atomic E-state index is 0.447. The fourth-order valence-electron chi connectivity index (χ4n) is 2.55. The van der Waals surface area contributed by atoms with Crippen molar-refractivity contribution in [1.29, 1.82) is 5.26 Å². The fourth-order valence-corrected chi connectivity index (χ4v) is 4.51. The summed E-state index contributed by atoms with van der Waals surface area (Å²) in [5.74, 6) is 0.705. The van der Waals surface area contributed by atoms with Crippen molar-refractivity contribution in [2.75, 3.05) is 0 Å². The first-order valence-corrected chi connectivity index (χ1v) is 11.0. The van der Waals surface area contributed by atoms with E-state index in [0.717, 1.165) is 24.5 Å². The van der Waals surface area contributed by atoms with E-state index in [1.54, 1.807) is 12.1 Å². The van der Waals surface area contributed by atoms with E-state index in [9.17, 15) is 5.26 Å². The van der Waals surface area contributed by atoms with Crippen molar-refractivity contribution in [2.45, 2.75) is 6.61 Å². The van der Waals surface area contributed by atoms with E-state index >= 15 is 0 Å². The Morgan fingerprint density at radius 3 is 2.25 bits per heavy atom. The van der Waals surface area contributed by atoms with Crippen molar-refractivity contribution in [3.63, 3.8) is 0 Å². The highest BCUT2D eigenvalue weighted by Crippen LogP contribution is 2.36. The van der Waals surface area contributed by atoms with Crippen LogP contribution in [0.5, 0.6) is 5.75 Å². The summed E-state index contributed by atoms with van der Waals surface area (Å²) >= 11 is 16.8. The van der Waals surface area contributed by atoms with Gasteiger partial charge in [-0.15, -0.1) is 0 Å². The van der Waals surface area contributed by atoms with Gasteiger partial charge in [0.05, 0.1) is 20.6 Å². The number of halogens is 4. The summed E-state index contributed by atoms with van der Waals surface area (Å²) in [4.78, 5) is 0. The summed E-state index contributed by atoms with van der Waals surface area (Å²) in [5.41, 5.74) is 3.12. The monoisotopic (exact) mass is 579 g/mol. The SMILES string of the molecule is N#CC(=Cc1cc(Br)c(OCc2ccc(Br)cc2)c(Br)c1)c1ccccc1Cl. The molecular weight excluding hydrogens is 569 g/mol. The van der Waals surface area contributed by atoms with E-state index in [1.165, 1.54) is 0 Å². The third-order valence-electron chi connectivity index (χ3n) is 3.91. The molecule has 0 aromatic heterocycles. The number of nitriles is 1. The third kappa shape index (κ3) is 5.27. The highest BCUT2D eigenvalue weighted by Gasteiger charge is 2.11. The largest absolute Gasteiger partial charge is 0.487 e. The fraction of sp³-hybridized carbons (Fsp3) is 0.0455. The minimum atomic E-state index is 0.447. The van der Waals surface area contributed by atoms with Crippen LogP contribution in [0.15, 0.2) is 74.1 Å². The molecule has 3 aromatic rings. The van der Waals surface area contributed by atoms with Crippen LogP contribution in [-0.2, 0) is 6.61 Å². The van der Waals surface area contributed by atoms with E-state index in [-0.39, 0.29) is 0 Å². The third-order valence-corrected chi connectivity index (χ3v) is 5.95. The molecule has 0 N–H and O–H groups in total. The quantitative estimate of drug-likeness (QED) is 0.224. The Balaban J connectivity index is 1.86. The average molecular weight is 583 g/mol. The van der Waals surface area contributed by atoms with Crippen LogP contribution in [0.3, 0.4) is 0 Å². The van der Waals surface area contributed by atoms with Gasteiger partial charge in [-0.05, 0) is 79.4 Å². The first-order valence-electron chi connectivity index (χ1n) is 8.21. The predicted molar refractivity (Wildman–Crippen MR) is 125 cm³/mol. The second-order valence-corrected chi connectivity index (χ2v) is 8.91. The van der Waals surface area contributed by atoms with E-state index in [1.807, 2.05) is 54.6 Å². The molecular formula is C22H13Br3ClNO. The summed E-state index contributed by atoms with van der Waals surface area (Å²) in [5, 5.41) is 10.1. The van der Waals surface area contributed by atoms with E-state index in [2.05, 4.69) is 53.9 Å². The Morgan fingerprint density at radius 2 is 1.64 bits per heavy atom. The molecule has 3 aromatic carbocycles. The Morgan fingerprint density at radius 1 is 1.00 bits per heavy atom. The molecule has 0 heterocycles. The molecule has 0 unspecified atom stereocenters. The molecule has 28 heavy (non-hydrogen) atoms. The van der Waals surface area contributed by atoms with Gasteiger partial charge in [-0.25, -0.2) is 0 Å². The van der Waals surface area contributed by atoms with Crippen LogP contribution in [-0.4, -0.2) is 0 Å². The number of rotatable bonds is 5. The average Bonchev–Trinajstić information content (AvgIpc) is 2.67. The number of nitrogens with zero attached hydrogens (tertiary/aromatic N) is 1. The van der Waals surface area contributed by atoms with Gasteiger partial charge >= 0.3 is 0 Å². The minimum Gasteiger partial charge on any atom is -0.487 e. The van der Waals surface area contributed by atoms with Crippen LogP contribution in [0, 0.1) is 11.3 Å². The highest BCUT2D eigenvalue weighted by atomic mass is 79.9. The lowest BCUT2D eigenvalue weighted by Gasteiger charge is -2.12. The van der Waals surface area contributed by atoms with Crippen molar-refractivity contribution >= 4 is 71.0 Å². The van der Waals surface area contributed by atoms with Crippen molar-refractivity contribution < 1.29 is 4.74 Å². The normalized spacial score (nSPS) is 11.2. The van der Waals surface area contributed by atoms with Gasteiger partial charge in [-0.3, -0.25) is 0 Å². The molecule has 3 rings (SSSR count). The topological polar surface area (TPSA) is 33.0 Å². The smallest absolute Gasteiger partial charge is 0.148 e. The number of hydrogen-bond donors (Lipinski definition) is 0. The van der Waals surface area contributed by atoms with Crippen molar-refractivity contribution in [3.05, 3.63) is 95.8 Å². The first-order chi connectivity index (χ1) is 13.5. The maximum absolute atomic E-state index is 9.56. The summed E-state index contributed by atoms with van der Waals surface area (Å²) < 4.78 is 8.58. The lowest BCUT2D eigenvalue weighted by Crippen LogP contribution is -1.97. The van der Waals surface area contributed by atoms with Crippen molar-refractivity contribution in [1.82, 2.24) is 0 Å². The zero-order chi connectivity index (χ0) is 20.1. The van der Waals surface area contributed by atoms with Gasteiger partial charge in [-0.1, -0.05) is 57.9 Å². The second-order valence-electron chi connectivity index (χ2n) is 5.88. The molecule has 0 fully saturated rings. The number of ether oxygens (including phenoxy) is 1. The molecule has 2 nitrogen and oxygen atoms in total. The molecule has 0 aliphatic rings. The maximum atomic E-state index is 9.56. The Kier molecular flexibility index (Phi) is 7.36. The zero-order valence-corrected chi connectivity index (χ0v) is 19.9. The standard InChI is InChI=1S/C22H13Br3ClNO/c23-17-7-5-14(6-8-17)13-28-22-19(24)10-15(11-20(22)25)9-16(12-27)18-3-1-2-4-21(18)26/h1-11H,13H2. The van der Waals surface area contributed by atoms with Crippen LogP contribution >= 0.6 is 59.4 Å². The van der Waals surface area contributed by atoms with Gasteiger partial charge in [0.2, 0.25) is 0 Å². The summed E-state index contributed by atoms with van der Waals surface area (Å²) in [6.45, 7) is 0.447. The molecule has 0 radical (unpaired) electrons. The maximum Gasteiger partial charge on any atom is 0.148 e. The molecule has 6 heteroatoms. The van der Waals surface area contributed by atoms with Crippen LogP contribution in [0.4, 0.5) is 0 Å². The number of allylic oxidation sites excluding steroid dienone is 1. The van der Waals surface area contributed by atoms with Crippen LogP contribution in [0.2, 0.25) is 5.02 Å². The first kappa shape index (κ1) is 21.1. The molecule has 140 valence electrons. The second kappa shape index (κ2) is 9.76. The number of hydrogen-bond acceptors (Lipinski definition) is 2. The van der Waals surface area contributed by atoms with Gasteiger partial charge in [0.1, 0.15) is 12.4 Å². The van der Waals surface area contributed by atoms with E-state index in [0.29, 0.717) is 28.5 Å². The van der Waals surface area contributed by atoms with E-state index in [4.69, 9.17) is 16.3 Å². The molecule has 0 bridgehead atoms. The van der Waals surface area contributed by atoms with Crippen molar-refractivity contribution in [2.24, 2.45) is 0 Å². The van der Waals surface area contributed by atoms with Crippen LogP contribution < -0.4 is 4.74 Å². The van der Waals surface area contributed by atoms with Gasteiger partial charge in [-0.2, -0.15) is 5.26 Å². The van der Waals surface area contributed by atoms with Gasteiger partial charge in [0.25, 0.3) is 0 Å². The number of benzene rings is 3. The van der Waals surface area contributed by atoms with Gasteiger partial charge < -0.3 is 4.74 Å². The van der Waals surface area contributed by atoms with Gasteiger partial charge in [0, 0.05) is 15.1 Å². The Hall–Kier alpha value is -1.58. The molecule has 0 spiro atoms. The lowest BCUT2D eigenvalue weighted by atomic mass is 10.0. The molecule has 0 atom stereocenters. The Labute approximate surface area is 194 Å². The van der Waals surface area contributed by atoms with Gasteiger partial charge in [0.15, 0.2) is 0 Å².